The van der Waals surface area contributed by atoms with Crippen molar-refractivity contribution in [2.45, 2.75) is 12.0 Å². The first-order chi connectivity index (χ1) is 30.7. The van der Waals surface area contributed by atoms with Crippen LogP contribution in [0.1, 0.15) is 22.8 Å². The SMILES string of the molecule is C1=CC2C(c3ccccc3N2c2cccc(-c3ccccc3)c2)c2c1oc1ccc(-c3nc(-c4ccc(-c5ccccc5)cc4)nc(-c4cccc(-c5ccccc5)c4)n3)cc21. The quantitative estimate of drug-likeness (QED) is 0.161. The lowest BCUT2D eigenvalue weighted by Gasteiger charge is -2.30. The van der Waals surface area contributed by atoms with E-state index >= 15 is 0 Å². The molecule has 2 unspecified atom stereocenters. The molecule has 3 heterocycles. The highest BCUT2D eigenvalue weighted by Crippen LogP contribution is 2.54. The number of nitrogens with zero attached hydrogens (tertiary/aromatic N) is 4. The van der Waals surface area contributed by atoms with Gasteiger partial charge in [0.15, 0.2) is 17.5 Å². The van der Waals surface area contributed by atoms with Gasteiger partial charge in [0, 0.05) is 44.9 Å². The summed E-state index contributed by atoms with van der Waals surface area (Å²) in [7, 11) is 0. The summed E-state index contributed by atoms with van der Waals surface area (Å²) in [6.07, 6.45) is 4.47. The Kier molecular flexibility index (Phi) is 8.56. The molecule has 0 spiro atoms. The molecule has 0 saturated heterocycles. The molecule has 2 atom stereocenters. The number of benzene rings is 8. The third kappa shape index (κ3) is 6.22. The maximum atomic E-state index is 6.65. The predicted octanol–water partition coefficient (Wildman–Crippen LogP) is 14.3. The topological polar surface area (TPSA) is 55.1 Å². The molecular formula is C57H38N4O. The molecule has 5 nitrogen and oxygen atoms in total. The molecule has 5 heteroatoms. The van der Waals surface area contributed by atoms with Gasteiger partial charge in [-0.05, 0) is 87.5 Å². The lowest BCUT2D eigenvalue weighted by molar-refractivity contribution is 0.584. The maximum Gasteiger partial charge on any atom is 0.164 e. The van der Waals surface area contributed by atoms with Crippen LogP contribution in [0.5, 0.6) is 0 Å². The average Bonchev–Trinajstić information content (AvgIpc) is 3.90. The number of anilines is 2. The zero-order valence-electron chi connectivity index (χ0n) is 33.6. The van der Waals surface area contributed by atoms with Crippen LogP contribution in [0.3, 0.4) is 0 Å². The minimum absolute atomic E-state index is 0.0522. The molecule has 10 aromatic rings. The molecular weight excluding hydrogens is 757 g/mol. The van der Waals surface area contributed by atoms with E-state index in [2.05, 4.69) is 211 Å². The Balaban J connectivity index is 0.979. The molecule has 2 aliphatic rings. The van der Waals surface area contributed by atoms with Gasteiger partial charge in [0.2, 0.25) is 0 Å². The van der Waals surface area contributed by atoms with E-state index in [0.717, 1.165) is 61.4 Å². The Morgan fingerprint density at radius 2 is 0.903 bits per heavy atom. The second-order valence-corrected chi connectivity index (χ2v) is 16.0. The van der Waals surface area contributed by atoms with Gasteiger partial charge in [-0.2, -0.15) is 0 Å². The second kappa shape index (κ2) is 14.8. The van der Waals surface area contributed by atoms with Crippen molar-refractivity contribution in [2.24, 2.45) is 0 Å². The van der Waals surface area contributed by atoms with E-state index in [1.165, 1.54) is 27.9 Å². The normalized spacial score (nSPS) is 15.0. The Labute approximate surface area is 360 Å². The van der Waals surface area contributed by atoms with Gasteiger partial charge in [0.25, 0.3) is 0 Å². The number of furan rings is 1. The third-order valence-corrected chi connectivity index (χ3v) is 12.3. The molecule has 0 fully saturated rings. The summed E-state index contributed by atoms with van der Waals surface area (Å²) < 4.78 is 6.65. The summed E-state index contributed by atoms with van der Waals surface area (Å²) in [5.74, 6) is 2.78. The highest BCUT2D eigenvalue weighted by Gasteiger charge is 2.43. The molecule has 12 rings (SSSR count). The number of rotatable bonds is 7. The largest absolute Gasteiger partial charge is 0.456 e. The second-order valence-electron chi connectivity index (χ2n) is 16.0. The molecule has 0 saturated carbocycles. The lowest BCUT2D eigenvalue weighted by Crippen LogP contribution is -2.30. The van der Waals surface area contributed by atoms with Crippen LogP contribution in [0.15, 0.2) is 217 Å². The van der Waals surface area contributed by atoms with Gasteiger partial charge < -0.3 is 9.32 Å². The van der Waals surface area contributed by atoms with Crippen molar-refractivity contribution in [3.63, 3.8) is 0 Å². The molecule has 62 heavy (non-hydrogen) atoms. The van der Waals surface area contributed by atoms with Crippen LogP contribution in [0.2, 0.25) is 0 Å². The monoisotopic (exact) mass is 794 g/mol. The van der Waals surface area contributed by atoms with Crippen LogP contribution < -0.4 is 4.90 Å². The van der Waals surface area contributed by atoms with Gasteiger partial charge in [0.1, 0.15) is 11.3 Å². The van der Waals surface area contributed by atoms with Crippen molar-refractivity contribution in [2.75, 3.05) is 4.90 Å². The lowest BCUT2D eigenvalue weighted by atomic mass is 9.82. The van der Waals surface area contributed by atoms with E-state index in [-0.39, 0.29) is 12.0 Å². The first-order valence-corrected chi connectivity index (χ1v) is 21.1. The maximum absolute atomic E-state index is 6.65. The van der Waals surface area contributed by atoms with E-state index in [1.54, 1.807) is 0 Å². The fourth-order valence-corrected chi connectivity index (χ4v) is 9.34. The molecule has 8 aromatic carbocycles. The van der Waals surface area contributed by atoms with Crippen LogP contribution in [-0.2, 0) is 0 Å². The fourth-order valence-electron chi connectivity index (χ4n) is 9.34. The van der Waals surface area contributed by atoms with Gasteiger partial charge in [-0.3, -0.25) is 0 Å². The minimum Gasteiger partial charge on any atom is -0.456 e. The predicted molar refractivity (Wildman–Crippen MR) is 252 cm³/mol. The molecule has 0 amide bonds. The Morgan fingerprint density at radius 3 is 1.60 bits per heavy atom. The third-order valence-electron chi connectivity index (χ3n) is 12.3. The van der Waals surface area contributed by atoms with Crippen molar-refractivity contribution in [3.8, 4) is 67.5 Å². The number of para-hydroxylation sites is 1. The van der Waals surface area contributed by atoms with Gasteiger partial charge in [-0.15, -0.1) is 0 Å². The summed E-state index contributed by atoms with van der Waals surface area (Å²) in [5.41, 5.74) is 15.3. The van der Waals surface area contributed by atoms with Crippen molar-refractivity contribution in [1.29, 1.82) is 0 Å². The zero-order valence-corrected chi connectivity index (χ0v) is 33.6. The number of fused-ring (bicyclic) bond motifs is 7. The molecule has 292 valence electrons. The van der Waals surface area contributed by atoms with Crippen LogP contribution in [0, 0.1) is 0 Å². The first kappa shape index (κ1) is 35.8. The standard InChI is InChI=1S/C57H38N4O/c1-4-14-37(15-5-1)40-26-28-41(29-27-40)55-58-56(44-22-12-20-42(34-44)38-16-6-2-7-17-38)60-57(59-55)45-30-32-51-48(36-45)54-52(62-51)33-31-50-53(54)47-24-10-11-25-49(47)61(50)46-23-13-21-43(35-46)39-18-8-3-9-19-39/h1-36,50,53H. The highest BCUT2D eigenvalue weighted by atomic mass is 16.3. The molecule has 0 radical (unpaired) electrons. The Morgan fingerprint density at radius 1 is 0.403 bits per heavy atom. The van der Waals surface area contributed by atoms with Crippen molar-refractivity contribution < 1.29 is 4.42 Å². The molecule has 0 N–H and O–H groups in total. The van der Waals surface area contributed by atoms with Gasteiger partial charge in [-0.1, -0.05) is 170 Å². The summed E-state index contributed by atoms with van der Waals surface area (Å²) in [4.78, 5) is 18.0. The zero-order chi connectivity index (χ0) is 41.0. The van der Waals surface area contributed by atoms with Crippen LogP contribution >= 0.6 is 0 Å². The van der Waals surface area contributed by atoms with Gasteiger partial charge in [0.05, 0.1) is 6.04 Å². The summed E-state index contributed by atoms with van der Waals surface area (Å²) >= 11 is 0. The first-order valence-electron chi connectivity index (χ1n) is 21.1. The van der Waals surface area contributed by atoms with Crippen molar-refractivity contribution in [3.05, 3.63) is 229 Å². The van der Waals surface area contributed by atoms with E-state index < -0.39 is 0 Å². The summed E-state index contributed by atoms with van der Waals surface area (Å²) in [5, 5.41) is 1.06. The highest BCUT2D eigenvalue weighted by molar-refractivity contribution is 5.93. The smallest absolute Gasteiger partial charge is 0.164 e. The molecule has 2 aromatic heterocycles. The number of aromatic nitrogens is 3. The van der Waals surface area contributed by atoms with Gasteiger partial charge in [-0.25, -0.2) is 15.0 Å². The molecule has 0 bridgehead atoms. The van der Waals surface area contributed by atoms with Crippen LogP contribution in [0.4, 0.5) is 11.4 Å². The van der Waals surface area contributed by atoms with E-state index in [1.807, 2.05) is 12.1 Å². The van der Waals surface area contributed by atoms with Crippen LogP contribution in [-0.4, -0.2) is 21.0 Å². The van der Waals surface area contributed by atoms with E-state index in [4.69, 9.17) is 19.4 Å². The minimum atomic E-state index is 0.0522. The van der Waals surface area contributed by atoms with Gasteiger partial charge >= 0.3 is 0 Å². The molecule has 1 aliphatic carbocycles. The summed E-state index contributed by atoms with van der Waals surface area (Å²) in [6, 6.07) is 72.5. The van der Waals surface area contributed by atoms with E-state index in [9.17, 15) is 0 Å². The Bertz CT molecular complexity index is 3300. The number of hydrogen-bond donors (Lipinski definition) is 0. The number of hydrogen-bond acceptors (Lipinski definition) is 5. The van der Waals surface area contributed by atoms with Crippen molar-refractivity contribution in [1.82, 2.24) is 15.0 Å². The fraction of sp³-hybridized carbons (Fsp3) is 0.0351. The average molecular weight is 795 g/mol. The van der Waals surface area contributed by atoms with Crippen LogP contribution in [0.25, 0.3) is 84.6 Å². The Hall–Kier alpha value is -8.15. The van der Waals surface area contributed by atoms with E-state index in [0.29, 0.717) is 17.5 Å². The molecule has 1 aliphatic heterocycles. The van der Waals surface area contributed by atoms with Crippen molar-refractivity contribution >= 4 is 28.4 Å². The summed E-state index contributed by atoms with van der Waals surface area (Å²) in [6.45, 7) is 0.